The molecule has 2 N–H and O–H groups in total. The Hall–Kier alpha value is -1.94. The fourth-order valence-electron chi connectivity index (χ4n) is 2.04. The highest BCUT2D eigenvalue weighted by molar-refractivity contribution is 5.56. The van der Waals surface area contributed by atoms with Gasteiger partial charge in [-0.3, -0.25) is 0 Å². The van der Waals surface area contributed by atoms with Crippen LogP contribution in [0.4, 0.5) is 0 Å². The van der Waals surface area contributed by atoms with E-state index in [0.29, 0.717) is 11.9 Å². The minimum atomic E-state index is 0.250. The summed E-state index contributed by atoms with van der Waals surface area (Å²) in [5.41, 5.74) is 4.06. The maximum atomic E-state index is 9.33. The van der Waals surface area contributed by atoms with Crippen molar-refractivity contribution in [2.24, 2.45) is 0 Å². The minimum absolute atomic E-state index is 0.250. The zero-order valence-corrected chi connectivity index (χ0v) is 12.4. The molecule has 1 aromatic carbocycles. The van der Waals surface area contributed by atoms with Crippen LogP contribution in [0.2, 0.25) is 0 Å². The first-order valence-corrected chi connectivity index (χ1v) is 6.84. The van der Waals surface area contributed by atoms with E-state index in [1.54, 1.807) is 12.1 Å². The van der Waals surface area contributed by atoms with Crippen molar-refractivity contribution < 1.29 is 5.11 Å². The molecule has 0 aliphatic carbocycles. The summed E-state index contributed by atoms with van der Waals surface area (Å²) in [6, 6.07) is 7.39. The van der Waals surface area contributed by atoms with Crippen LogP contribution in [-0.2, 0) is 6.54 Å². The van der Waals surface area contributed by atoms with Crippen molar-refractivity contribution in [1.82, 2.24) is 15.3 Å². The molecule has 0 unspecified atom stereocenters. The average molecular weight is 271 g/mol. The van der Waals surface area contributed by atoms with Gasteiger partial charge in [-0.15, -0.1) is 0 Å². The number of phenolic OH excluding ortho intramolecular Hbond substituents is 1. The first-order valence-electron chi connectivity index (χ1n) is 6.84. The predicted octanol–water partition coefficient (Wildman–Crippen LogP) is 2.96. The Morgan fingerprint density at radius 1 is 1.05 bits per heavy atom. The molecule has 0 atom stereocenters. The third kappa shape index (κ3) is 3.33. The molecule has 2 aromatic rings. The van der Waals surface area contributed by atoms with E-state index in [0.717, 1.165) is 29.1 Å². The van der Waals surface area contributed by atoms with Crippen molar-refractivity contribution in [3.8, 4) is 17.1 Å². The van der Waals surface area contributed by atoms with E-state index in [-0.39, 0.29) is 5.75 Å². The number of aromatic hydroxyl groups is 1. The van der Waals surface area contributed by atoms with Crippen LogP contribution in [0.3, 0.4) is 0 Å². The first-order chi connectivity index (χ1) is 9.47. The average Bonchev–Trinajstić information content (AvgIpc) is 2.38. The van der Waals surface area contributed by atoms with E-state index < -0.39 is 0 Å². The number of nitrogens with one attached hydrogen (secondary N) is 1. The van der Waals surface area contributed by atoms with Crippen LogP contribution in [0.25, 0.3) is 11.4 Å². The smallest absolute Gasteiger partial charge is 0.159 e. The number of aromatic nitrogens is 2. The fourth-order valence-corrected chi connectivity index (χ4v) is 2.04. The monoisotopic (exact) mass is 271 g/mol. The van der Waals surface area contributed by atoms with Crippen LogP contribution in [0, 0.1) is 13.8 Å². The van der Waals surface area contributed by atoms with Crippen LogP contribution in [0.5, 0.6) is 5.75 Å². The van der Waals surface area contributed by atoms with Gasteiger partial charge >= 0.3 is 0 Å². The van der Waals surface area contributed by atoms with Crippen molar-refractivity contribution in [3.63, 3.8) is 0 Å². The topological polar surface area (TPSA) is 58.0 Å². The van der Waals surface area contributed by atoms with E-state index in [9.17, 15) is 5.11 Å². The van der Waals surface area contributed by atoms with Gasteiger partial charge in [0, 0.05) is 35.1 Å². The molecule has 0 saturated heterocycles. The third-order valence-electron chi connectivity index (χ3n) is 3.23. The molecule has 0 amide bonds. The van der Waals surface area contributed by atoms with E-state index in [1.165, 1.54) is 0 Å². The Kier molecular flexibility index (Phi) is 4.35. The number of nitrogens with zero attached hydrogens (tertiary/aromatic N) is 2. The van der Waals surface area contributed by atoms with Crippen LogP contribution in [-0.4, -0.2) is 21.1 Å². The molecular formula is C16H21N3O. The van der Waals surface area contributed by atoms with Crippen LogP contribution >= 0.6 is 0 Å². The summed E-state index contributed by atoms with van der Waals surface area (Å²) in [5, 5.41) is 12.7. The van der Waals surface area contributed by atoms with Crippen LogP contribution in [0.1, 0.15) is 30.8 Å². The summed E-state index contributed by atoms with van der Waals surface area (Å²) in [4.78, 5) is 9.16. The lowest BCUT2D eigenvalue weighted by molar-refractivity contribution is 0.475. The molecule has 0 bridgehead atoms. The standard InChI is InChI=1S/C16H21N3O/c1-10(2)17-9-15-11(3)18-16(19-12(15)4)13-5-7-14(20)8-6-13/h5-8,10,17,20H,9H2,1-4H3. The highest BCUT2D eigenvalue weighted by Gasteiger charge is 2.10. The largest absolute Gasteiger partial charge is 0.508 e. The van der Waals surface area contributed by atoms with E-state index in [2.05, 4.69) is 29.1 Å². The van der Waals surface area contributed by atoms with E-state index in [1.807, 2.05) is 26.0 Å². The summed E-state index contributed by atoms with van der Waals surface area (Å²) in [6.07, 6.45) is 0. The van der Waals surface area contributed by atoms with Gasteiger partial charge in [-0.1, -0.05) is 13.8 Å². The summed E-state index contributed by atoms with van der Waals surface area (Å²) in [5.74, 6) is 0.952. The Morgan fingerprint density at radius 3 is 2.10 bits per heavy atom. The van der Waals surface area contributed by atoms with Gasteiger partial charge in [0.15, 0.2) is 5.82 Å². The maximum Gasteiger partial charge on any atom is 0.159 e. The Balaban J connectivity index is 2.32. The molecule has 4 heteroatoms. The fraction of sp³-hybridized carbons (Fsp3) is 0.375. The van der Waals surface area contributed by atoms with Gasteiger partial charge in [-0.25, -0.2) is 9.97 Å². The van der Waals surface area contributed by atoms with E-state index in [4.69, 9.17) is 0 Å². The third-order valence-corrected chi connectivity index (χ3v) is 3.23. The molecule has 0 aliphatic heterocycles. The molecule has 1 heterocycles. The summed E-state index contributed by atoms with van der Waals surface area (Å²) in [6.45, 7) is 9.05. The lowest BCUT2D eigenvalue weighted by atomic mass is 10.1. The van der Waals surface area contributed by atoms with Gasteiger partial charge in [0.1, 0.15) is 5.75 Å². The summed E-state index contributed by atoms with van der Waals surface area (Å²) < 4.78 is 0. The molecule has 20 heavy (non-hydrogen) atoms. The summed E-state index contributed by atoms with van der Waals surface area (Å²) in [7, 11) is 0. The number of rotatable bonds is 4. The number of benzene rings is 1. The second kappa shape index (κ2) is 6.01. The zero-order chi connectivity index (χ0) is 14.7. The van der Waals surface area contributed by atoms with Gasteiger partial charge in [0.05, 0.1) is 0 Å². The molecular weight excluding hydrogens is 250 g/mol. The van der Waals surface area contributed by atoms with Crippen molar-refractivity contribution in [3.05, 3.63) is 41.2 Å². The Morgan fingerprint density at radius 2 is 1.60 bits per heavy atom. The SMILES string of the molecule is Cc1nc(-c2ccc(O)cc2)nc(C)c1CNC(C)C. The Bertz CT molecular complexity index is 568. The Labute approximate surface area is 119 Å². The molecule has 2 rings (SSSR count). The minimum Gasteiger partial charge on any atom is -0.508 e. The number of phenols is 1. The van der Waals surface area contributed by atoms with Gasteiger partial charge in [-0.2, -0.15) is 0 Å². The molecule has 0 radical (unpaired) electrons. The van der Waals surface area contributed by atoms with Crippen molar-refractivity contribution >= 4 is 0 Å². The first kappa shape index (κ1) is 14.5. The normalized spacial score (nSPS) is 11.1. The van der Waals surface area contributed by atoms with E-state index >= 15 is 0 Å². The number of hydrogen-bond donors (Lipinski definition) is 2. The van der Waals surface area contributed by atoms with Crippen molar-refractivity contribution in [1.29, 1.82) is 0 Å². The highest BCUT2D eigenvalue weighted by Crippen LogP contribution is 2.21. The zero-order valence-electron chi connectivity index (χ0n) is 12.4. The van der Waals surface area contributed by atoms with Gasteiger partial charge in [0.2, 0.25) is 0 Å². The molecule has 1 aromatic heterocycles. The predicted molar refractivity (Wildman–Crippen MR) is 80.6 cm³/mol. The lowest BCUT2D eigenvalue weighted by Crippen LogP contribution is -2.23. The highest BCUT2D eigenvalue weighted by atomic mass is 16.3. The molecule has 0 aliphatic rings. The van der Waals surface area contributed by atoms with Gasteiger partial charge < -0.3 is 10.4 Å². The van der Waals surface area contributed by atoms with Crippen LogP contribution < -0.4 is 5.32 Å². The lowest BCUT2D eigenvalue weighted by Gasteiger charge is -2.13. The number of aryl methyl sites for hydroxylation is 2. The number of hydrogen-bond acceptors (Lipinski definition) is 4. The summed E-state index contributed by atoms with van der Waals surface area (Å²) >= 11 is 0. The van der Waals surface area contributed by atoms with Crippen molar-refractivity contribution in [2.45, 2.75) is 40.3 Å². The molecule has 0 saturated carbocycles. The molecule has 0 fully saturated rings. The molecule has 106 valence electrons. The van der Waals surface area contributed by atoms with Crippen LogP contribution in [0.15, 0.2) is 24.3 Å². The second-order valence-corrected chi connectivity index (χ2v) is 5.28. The quantitative estimate of drug-likeness (QED) is 0.897. The molecule has 4 nitrogen and oxygen atoms in total. The molecule has 0 spiro atoms. The second-order valence-electron chi connectivity index (χ2n) is 5.28. The van der Waals surface area contributed by atoms with Gasteiger partial charge in [0.25, 0.3) is 0 Å². The van der Waals surface area contributed by atoms with Crippen molar-refractivity contribution in [2.75, 3.05) is 0 Å². The maximum absolute atomic E-state index is 9.33. The van der Waals surface area contributed by atoms with Gasteiger partial charge in [-0.05, 0) is 38.1 Å².